The highest BCUT2D eigenvalue weighted by Gasteiger charge is 2.17. The van der Waals surface area contributed by atoms with Gasteiger partial charge in [0.1, 0.15) is 0 Å². The van der Waals surface area contributed by atoms with Crippen LogP contribution in [0.5, 0.6) is 0 Å². The largest absolute Gasteiger partial charge is 0.346 e. The third-order valence-corrected chi connectivity index (χ3v) is 2.77. The van der Waals surface area contributed by atoms with Gasteiger partial charge in [-0.15, -0.1) is 6.42 Å². The molecule has 1 aromatic rings. The van der Waals surface area contributed by atoms with Gasteiger partial charge in [0.25, 0.3) is 0 Å². The van der Waals surface area contributed by atoms with E-state index >= 15 is 0 Å². The quantitative estimate of drug-likeness (QED) is 0.363. The van der Waals surface area contributed by atoms with Gasteiger partial charge >= 0.3 is 6.17 Å². The van der Waals surface area contributed by atoms with E-state index in [1.807, 2.05) is 18.2 Å². The zero-order valence-corrected chi connectivity index (χ0v) is 8.77. The van der Waals surface area contributed by atoms with Crippen LogP contribution in [0.4, 0.5) is 5.69 Å². The molecule has 0 heterocycles. The minimum absolute atomic E-state index is 0.507. The van der Waals surface area contributed by atoms with Gasteiger partial charge in [-0.25, -0.2) is 0 Å². The van der Waals surface area contributed by atoms with Crippen LogP contribution in [0, 0.1) is 22.5 Å². The van der Waals surface area contributed by atoms with Crippen molar-refractivity contribution in [2.45, 2.75) is 25.4 Å². The van der Waals surface area contributed by atoms with E-state index in [-0.39, 0.29) is 0 Å². The molecule has 1 atom stereocenters. The summed E-state index contributed by atoms with van der Waals surface area (Å²) in [5.74, 6) is 2.11. The van der Waals surface area contributed by atoms with Crippen molar-refractivity contribution in [3.63, 3.8) is 0 Å². The fourth-order valence-corrected chi connectivity index (χ4v) is 1.97. The second kappa shape index (κ2) is 4.23. The number of nitrogens with one attached hydrogen (secondary N) is 1. The average molecular weight is 216 g/mol. The molecule has 1 unspecified atom stereocenters. The lowest BCUT2D eigenvalue weighted by atomic mass is 10.1. The molecule has 2 rings (SSSR count). The van der Waals surface area contributed by atoms with Crippen LogP contribution in [0.1, 0.15) is 17.5 Å². The van der Waals surface area contributed by atoms with Crippen molar-refractivity contribution in [1.29, 1.82) is 0 Å². The first-order valence-electron chi connectivity index (χ1n) is 5.18. The molecule has 0 spiro atoms. The molecule has 0 saturated heterocycles. The number of anilines is 1. The molecule has 1 aliphatic carbocycles. The van der Waals surface area contributed by atoms with Crippen molar-refractivity contribution in [1.82, 2.24) is 0 Å². The molecule has 4 heteroatoms. The van der Waals surface area contributed by atoms with Gasteiger partial charge < -0.3 is 5.32 Å². The first kappa shape index (κ1) is 10.5. The smallest absolute Gasteiger partial charge is 0.313 e. The highest BCUT2D eigenvalue weighted by Crippen LogP contribution is 2.25. The minimum atomic E-state index is -1.15. The van der Waals surface area contributed by atoms with Gasteiger partial charge in [0.15, 0.2) is 0 Å². The second-order valence-corrected chi connectivity index (χ2v) is 3.84. The van der Waals surface area contributed by atoms with Gasteiger partial charge in [0.2, 0.25) is 0 Å². The molecule has 0 amide bonds. The number of nitrogens with zero attached hydrogens (tertiary/aromatic N) is 1. The molecule has 0 aromatic heterocycles. The van der Waals surface area contributed by atoms with Crippen LogP contribution in [-0.2, 0) is 12.8 Å². The van der Waals surface area contributed by atoms with E-state index in [9.17, 15) is 10.1 Å². The summed E-state index contributed by atoms with van der Waals surface area (Å²) in [6.07, 6.45) is 7.23. The van der Waals surface area contributed by atoms with Crippen LogP contribution in [-0.4, -0.2) is 11.1 Å². The van der Waals surface area contributed by atoms with Gasteiger partial charge in [-0.1, -0.05) is 6.07 Å². The van der Waals surface area contributed by atoms with E-state index in [2.05, 4.69) is 11.2 Å². The Kier molecular flexibility index (Phi) is 2.78. The Morgan fingerprint density at radius 2 is 2.19 bits per heavy atom. The van der Waals surface area contributed by atoms with Crippen LogP contribution in [0.25, 0.3) is 0 Å². The Morgan fingerprint density at radius 1 is 1.44 bits per heavy atom. The van der Waals surface area contributed by atoms with E-state index < -0.39 is 11.1 Å². The lowest BCUT2D eigenvalue weighted by Crippen LogP contribution is -2.26. The van der Waals surface area contributed by atoms with Crippen molar-refractivity contribution < 1.29 is 4.92 Å². The molecule has 0 aliphatic heterocycles. The summed E-state index contributed by atoms with van der Waals surface area (Å²) in [5.41, 5.74) is 3.33. The maximum atomic E-state index is 10.6. The van der Waals surface area contributed by atoms with Crippen LogP contribution < -0.4 is 5.32 Å². The second-order valence-electron chi connectivity index (χ2n) is 3.84. The molecule has 0 bridgehead atoms. The number of fused-ring (bicyclic) bond motifs is 1. The standard InChI is InChI=1S/C12H12N2O2/c1-2-12(14(15)16)13-11-7-6-9-4-3-5-10(9)8-11/h1,6-8,12-13H,3-5H2. The lowest BCUT2D eigenvalue weighted by Gasteiger charge is -2.08. The van der Waals surface area contributed by atoms with Crippen molar-refractivity contribution >= 4 is 5.69 Å². The van der Waals surface area contributed by atoms with Gasteiger partial charge in [-0.2, -0.15) is 0 Å². The molecular formula is C12H12N2O2. The first-order valence-corrected chi connectivity index (χ1v) is 5.18. The van der Waals surface area contributed by atoms with Gasteiger partial charge in [0, 0.05) is 5.69 Å². The summed E-state index contributed by atoms with van der Waals surface area (Å²) >= 11 is 0. The molecule has 0 fully saturated rings. The lowest BCUT2D eigenvalue weighted by molar-refractivity contribution is -0.499. The fourth-order valence-electron chi connectivity index (χ4n) is 1.97. The zero-order valence-electron chi connectivity index (χ0n) is 8.77. The number of nitro groups is 1. The molecule has 4 nitrogen and oxygen atoms in total. The summed E-state index contributed by atoms with van der Waals surface area (Å²) in [6, 6.07) is 5.81. The monoisotopic (exact) mass is 216 g/mol. The molecule has 82 valence electrons. The Morgan fingerprint density at radius 3 is 2.88 bits per heavy atom. The summed E-state index contributed by atoms with van der Waals surface area (Å²) in [6.45, 7) is 0. The van der Waals surface area contributed by atoms with Crippen molar-refractivity contribution in [3.8, 4) is 12.3 Å². The Balaban J connectivity index is 2.17. The number of rotatable bonds is 3. The third-order valence-electron chi connectivity index (χ3n) is 2.77. The number of terminal acetylenes is 1. The van der Waals surface area contributed by atoms with Crippen molar-refractivity contribution in [2.75, 3.05) is 5.32 Å². The molecule has 1 aromatic carbocycles. The van der Waals surface area contributed by atoms with E-state index in [1.54, 1.807) is 0 Å². The van der Waals surface area contributed by atoms with Gasteiger partial charge in [0.05, 0.1) is 4.92 Å². The number of hydrogen-bond donors (Lipinski definition) is 1. The van der Waals surface area contributed by atoms with Gasteiger partial charge in [-0.3, -0.25) is 10.1 Å². The Bertz CT molecular complexity index is 463. The first-order chi connectivity index (χ1) is 7.70. The van der Waals surface area contributed by atoms with Crippen LogP contribution in [0.2, 0.25) is 0 Å². The number of benzene rings is 1. The summed E-state index contributed by atoms with van der Waals surface area (Å²) in [4.78, 5) is 10.1. The predicted octanol–water partition coefficient (Wildman–Crippen LogP) is 1.82. The molecule has 16 heavy (non-hydrogen) atoms. The fraction of sp³-hybridized carbons (Fsp3) is 0.333. The summed E-state index contributed by atoms with van der Waals surface area (Å²) in [5, 5.41) is 13.3. The van der Waals surface area contributed by atoms with Crippen LogP contribution >= 0.6 is 0 Å². The topological polar surface area (TPSA) is 55.2 Å². The van der Waals surface area contributed by atoms with E-state index in [0.29, 0.717) is 0 Å². The van der Waals surface area contributed by atoms with E-state index in [1.165, 1.54) is 11.1 Å². The molecule has 1 aliphatic rings. The van der Waals surface area contributed by atoms with Crippen molar-refractivity contribution in [3.05, 3.63) is 39.4 Å². The Labute approximate surface area is 93.8 Å². The highest BCUT2D eigenvalue weighted by molar-refractivity contribution is 5.51. The number of hydrogen-bond acceptors (Lipinski definition) is 3. The number of aryl methyl sites for hydroxylation is 2. The van der Waals surface area contributed by atoms with Crippen LogP contribution in [0.15, 0.2) is 18.2 Å². The maximum Gasteiger partial charge on any atom is 0.346 e. The summed E-state index contributed by atoms with van der Waals surface area (Å²) in [7, 11) is 0. The normalized spacial score (nSPS) is 14.9. The average Bonchev–Trinajstić information content (AvgIpc) is 2.72. The molecular weight excluding hydrogens is 204 g/mol. The Hall–Kier alpha value is -2.02. The van der Waals surface area contributed by atoms with Crippen LogP contribution in [0.3, 0.4) is 0 Å². The zero-order chi connectivity index (χ0) is 11.5. The molecule has 1 N–H and O–H groups in total. The molecule has 0 saturated carbocycles. The third kappa shape index (κ3) is 1.98. The SMILES string of the molecule is C#CC(Nc1ccc2c(c1)CCC2)[N+](=O)[O-]. The minimum Gasteiger partial charge on any atom is -0.313 e. The maximum absolute atomic E-state index is 10.6. The highest BCUT2D eigenvalue weighted by atomic mass is 16.6. The van der Waals surface area contributed by atoms with Gasteiger partial charge in [-0.05, 0) is 48.4 Å². The van der Waals surface area contributed by atoms with E-state index in [0.717, 1.165) is 24.9 Å². The molecule has 0 radical (unpaired) electrons. The van der Waals surface area contributed by atoms with E-state index in [4.69, 9.17) is 6.42 Å². The van der Waals surface area contributed by atoms with Crippen molar-refractivity contribution in [2.24, 2.45) is 0 Å². The predicted molar refractivity (Wildman–Crippen MR) is 61.7 cm³/mol. The summed E-state index contributed by atoms with van der Waals surface area (Å²) < 4.78 is 0.